The number of hydrogen-bond donors (Lipinski definition) is 6. The summed E-state index contributed by atoms with van der Waals surface area (Å²) in [7, 11) is 0. The number of ether oxygens (including phenoxy) is 2. The summed E-state index contributed by atoms with van der Waals surface area (Å²) < 4.78 is 11.6. The summed E-state index contributed by atoms with van der Waals surface area (Å²) in [5.74, 6) is -0.445. The minimum Gasteiger partial charge on any atom is -0.508 e. The molecular formula is C29H41NO9. The van der Waals surface area contributed by atoms with E-state index >= 15 is 0 Å². The summed E-state index contributed by atoms with van der Waals surface area (Å²) in [4.78, 5) is 14.6. The molecule has 6 N–H and O–H groups in total. The predicted molar refractivity (Wildman–Crippen MR) is 142 cm³/mol. The first-order chi connectivity index (χ1) is 18.4. The van der Waals surface area contributed by atoms with Crippen LogP contribution < -0.4 is 4.74 Å². The van der Waals surface area contributed by atoms with E-state index in [2.05, 4.69) is 32.9 Å². The summed E-state index contributed by atoms with van der Waals surface area (Å²) in [6.07, 6.45) is 0.760. The number of phenols is 1. The first-order valence-electron chi connectivity index (χ1n) is 13.5. The van der Waals surface area contributed by atoms with Gasteiger partial charge in [0.05, 0.1) is 24.8 Å². The Balaban J connectivity index is 1.55. The van der Waals surface area contributed by atoms with Crippen LogP contribution in [0.3, 0.4) is 0 Å². The molecule has 39 heavy (non-hydrogen) atoms. The van der Waals surface area contributed by atoms with Crippen LogP contribution >= 0.6 is 0 Å². The second-order valence-electron chi connectivity index (χ2n) is 11.4. The van der Waals surface area contributed by atoms with Gasteiger partial charge in [-0.1, -0.05) is 23.3 Å². The number of carbonyl (C=O) groups excluding carboxylic acids is 1. The normalized spacial score (nSPS) is 32.5. The quantitative estimate of drug-likeness (QED) is 0.266. The van der Waals surface area contributed by atoms with Gasteiger partial charge < -0.3 is 45.0 Å². The standard InChI is InChI=1S/C29H41NO9/c1-15(2)7-5-8-16(3)9-6-10-29(4)22(33)12-18-20(32)11-17-19(26(18)39-29)13-30(27(17)36)23-25(35)24(34)21(14-31)38-28(23)37/h7,9,11,21-25,28,31-35,37H,5-6,8,10,12-14H2,1-4H3/b16-9+/t21-,22+,23-,24+,25-,28?,29+/m1/s1. The molecule has 3 heterocycles. The fourth-order valence-corrected chi connectivity index (χ4v) is 5.68. The maximum atomic E-state index is 13.4. The van der Waals surface area contributed by atoms with Gasteiger partial charge in [-0.15, -0.1) is 0 Å². The largest absolute Gasteiger partial charge is 0.508 e. The van der Waals surface area contributed by atoms with Crippen LogP contribution in [0.2, 0.25) is 0 Å². The van der Waals surface area contributed by atoms with Crippen molar-refractivity contribution in [3.63, 3.8) is 0 Å². The topological polar surface area (TPSA) is 160 Å². The van der Waals surface area contributed by atoms with Gasteiger partial charge in [0.15, 0.2) is 6.29 Å². The highest BCUT2D eigenvalue weighted by molar-refractivity contribution is 6.00. The number of hydrogen-bond acceptors (Lipinski definition) is 9. The number of allylic oxidation sites excluding steroid dienone is 4. The Kier molecular flexibility index (Phi) is 8.75. The Morgan fingerprint density at radius 1 is 1.10 bits per heavy atom. The highest BCUT2D eigenvalue weighted by atomic mass is 16.6. The molecule has 3 aliphatic rings. The fraction of sp³-hybridized carbons (Fsp3) is 0.621. The summed E-state index contributed by atoms with van der Waals surface area (Å²) in [6, 6.07) is 0.00365. The van der Waals surface area contributed by atoms with Gasteiger partial charge in [0.1, 0.15) is 41.5 Å². The van der Waals surface area contributed by atoms with Crippen LogP contribution in [0.4, 0.5) is 0 Å². The number of benzene rings is 1. The molecule has 1 saturated heterocycles. The van der Waals surface area contributed by atoms with Crippen molar-refractivity contribution in [1.82, 2.24) is 4.90 Å². The average molecular weight is 548 g/mol. The lowest BCUT2D eigenvalue weighted by Gasteiger charge is -2.44. The lowest BCUT2D eigenvalue weighted by molar-refractivity contribution is -0.268. The van der Waals surface area contributed by atoms with Crippen molar-refractivity contribution in [3.05, 3.63) is 46.1 Å². The van der Waals surface area contributed by atoms with Crippen molar-refractivity contribution in [2.45, 2.75) is 109 Å². The van der Waals surface area contributed by atoms with Gasteiger partial charge in [-0.2, -0.15) is 0 Å². The SMILES string of the molecule is CC(C)=CCC/C(C)=C/CC[C@]1(C)Oc2c(c(O)cc3c2CN([C@H]2C(O)O[C@H](CO)[C@H](O)[C@@H]2O)C3=O)C[C@@H]1O. The molecule has 1 unspecified atom stereocenters. The van der Waals surface area contributed by atoms with Crippen LogP contribution in [0.1, 0.15) is 74.9 Å². The van der Waals surface area contributed by atoms with Gasteiger partial charge >= 0.3 is 0 Å². The molecule has 1 amide bonds. The molecule has 10 nitrogen and oxygen atoms in total. The Morgan fingerprint density at radius 2 is 1.82 bits per heavy atom. The number of aliphatic hydroxyl groups is 5. The number of rotatable bonds is 8. The van der Waals surface area contributed by atoms with Gasteiger partial charge in [-0.25, -0.2) is 0 Å². The minimum atomic E-state index is -1.65. The number of nitrogens with zero attached hydrogens (tertiary/aromatic N) is 1. The van der Waals surface area contributed by atoms with E-state index in [0.29, 0.717) is 29.7 Å². The highest BCUT2D eigenvalue weighted by Crippen LogP contribution is 2.47. The Morgan fingerprint density at radius 3 is 2.49 bits per heavy atom. The number of carbonyl (C=O) groups is 1. The molecule has 1 aromatic rings. The smallest absolute Gasteiger partial charge is 0.255 e. The van der Waals surface area contributed by atoms with Crippen LogP contribution in [0.5, 0.6) is 11.5 Å². The third-order valence-electron chi connectivity index (χ3n) is 8.17. The molecule has 0 aliphatic carbocycles. The van der Waals surface area contributed by atoms with E-state index in [-0.39, 0.29) is 24.3 Å². The Hall–Kier alpha value is -2.47. The fourth-order valence-electron chi connectivity index (χ4n) is 5.68. The van der Waals surface area contributed by atoms with Gasteiger partial charge in [0.25, 0.3) is 5.91 Å². The zero-order valence-electron chi connectivity index (χ0n) is 23.0. The van der Waals surface area contributed by atoms with Gasteiger partial charge in [0, 0.05) is 17.5 Å². The van der Waals surface area contributed by atoms with Crippen molar-refractivity contribution in [2.75, 3.05) is 6.61 Å². The predicted octanol–water partition coefficient (Wildman–Crippen LogP) is 1.68. The van der Waals surface area contributed by atoms with Crippen LogP contribution in [0.15, 0.2) is 29.4 Å². The van der Waals surface area contributed by atoms with Crippen molar-refractivity contribution >= 4 is 5.91 Å². The molecule has 10 heteroatoms. The third-order valence-corrected chi connectivity index (χ3v) is 8.17. The lowest BCUT2D eigenvalue weighted by atomic mass is 9.84. The van der Waals surface area contributed by atoms with E-state index in [1.165, 1.54) is 22.1 Å². The monoisotopic (exact) mass is 547 g/mol. The van der Waals surface area contributed by atoms with E-state index in [9.17, 15) is 35.4 Å². The van der Waals surface area contributed by atoms with Gasteiger partial charge in [0.2, 0.25) is 0 Å². The third kappa shape index (κ3) is 5.73. The number of aliphatic hydroxyl groups excluding tert-OH is 5. The zero-order valence-corrected chi connectivity index (χ0v) is 23.0. The molecule has 0 radical (unpaired) electrons. The molecule has 0 saturated carbocycles. The highest BCUT2D eigenvalue weighted by Gasteiger charge is 2.51. The number of aromatic hydroxyl groups is 1. The molecule has 0 bridgehead atoms. The van der Waals surface area contributed by atoms with Crippen LogP contribution in [-0.2, 0) is 17.7 Å². The van der Waals surface area contributed by atoms with E-state index in [1.54, 1.807) is 0 Å². The lowest BCUT2D eigenvalue weighted by Crippen LogP contribution is -2.64. The van der Waals surface area contributed by atoms with Crippen molar-refractivity contribution < 1.29 is 44.9 Å². The summed E-state index contributed by atoms with van der Waals surface area (Å²) in [5, 5.41) is 62.6. The van der Waals surface area contributed by atoms with Crippen molar-refractivity contribution in [2.24, 2.45) is 0 Å². The van der Waals surface area contributed by atoms with Gasteiger partial charge in [-0.3, -0.25) is 4.79 Å². The molecular weight excluding hydrogens is 506 g/mol. The first kappa shape index (κ1) is 29.5. The molecule has 0 aromatic heterocycles. The van der Waals surface area contributed by atoms with Crippen LogP contribution in [-0.4, -0.2) is 90.4 Å². The van der Waals surface area contributed by atoms with E-state index in [4.69, 9.17) is 9.47 Å². The zero-order chi connectivity index (χ0) is 28.6. The van der Waals surface area contributed by atoms with Crippen LogP contribution in [0.25, 0.3) is 0 Å². The average Bonchev–Trinajstić information content (AvgIpc) is 3.18. The summed E-state index contributed by atoms with van der Waals surface area (Å²) in [6.45, 7) is 7.36. The van der Waals surface area contributed by atoms with E-state index in [0.717, 1.165) is 12.8 Å². The Bertz CT molecular complexity index is 1140. The number of amides is 1. The molecule has 4 rings (SSSR count). The minimum absolute atomic E-state index is 0.0645. The molecule has 7 atom stereocenters. The van der Waals surface area contributed by atoms with Crippen LogP contribution in [0, 0.1) is 0 Å². The van der Waals surface area contributed by atoms with Crippen molar-refractivity contribution in [1.29, 1.82) is 0 Å². The summed E-state index contributed by atoms with van der Waals surface area (Å²) >= 11 is 0. The number of fused-ring (bicyclic) bond motifs is 3. The first-order valence-corrected chi connectivity index (χ1v) is 13.5. The summed E-state index contributed by atoms with van der Waals surface area (Å²) in [5.41, 5.74) is 2.57. The maximum absolute atomic E-state index is 13.4. The van der Waals surface area contributed by atoms with Gasteiger partial charge in [-0.05, 0) is 59.4 Å². The molecule has 216 valence electrons. The van der Waals surface area contributed by atoms with E-state index in [1.807, 2.05) is 6.92 Å². The maximum Gasteiger partial charge on any atom is 0.255 e. The Labute approximate surface area is 228 Å². The second kappa shape index (κ2) is 11.6. The molecule has 1 aromatic carbocycles. The molecule has 1 fully saturated rings. The second-order valence-corrected chi connectivity index (χ2v) is 11.4. The molecule has 0 spiro atoms. The molecule has 3 aliphatic heterocycles. The van der Waals surface area contributed by atoms with Crippen molar-refractivity contribution in [3.8, 4) is 11.5 Å². The van der Waals surface area contributed by atoms with E-state index < -0.39 is 54.9 Å². The number of phenolic OH excluding ortho intramolecular Hbond substituents is 1.